The predicted octanol–water partition coefficient (Wildman–Crippen LogP) is 4.23. The van der Waals surface area contributed by atoms with Gasteiger partial charge in [-0.1, -0.05) is 31.2 Å². The molecular formula is C19H23NO2S. The van der Waals surface area contributed by atoms with Gasteiger partial charge in [0.1, 0.15) is 5.75 Å². The summed E-state index contributed by atoms with van der Waals surface area (Å²) in [5.41, 5.74) is 2.39. The fourth-order valence-electron chi connectivity index (χ4n) is 2.23. The van der Waals surface area contributed by atoms with E-state index in [-0.39, 0.29) is 18.6 Å². The lowest BCUT2D eigenvalue weighted by atomic mass is 10.1. The molecule has 3 nitrogen and oxygen atoms in total. The van der Waals surface area contributed by atoms with Crippen molar-refractivity contribution in [1.82, 2.24) is 5.32 Å². The number of carbonyl (C=O) groups is 1. The van der Waals surface area contributed by atoms with Gasteiger partial charge in [0.15, 0.2) is 6.61 Å². The van der Waals surface area contributed by atoms with Crippen molar-refractivity contribution in [1.29, 1.82) is 0 Å². The molecule has 4 heteroatoms. The van der Waals surface area contributed by atoms with Gasteiger partial charge >= 0.3 is 0 Å². The van der Waals surface area contributed by atoms with Gasteiger partial charge < -0.3 is 10.1 Å². The summed E-state index contributed by atoms with van der Waals surface area (Å²) in [5.74, 6) is 0.587. The minimum absolute atomic E-state index is 0.0238. The van der Waals surface area contributed by atoms with E-state index in [2.05, 4.69) is 36.5 Å². The standard InChI is InChI=1S/C19H23NO2S/c1-4-15-5-7-16(8-6-15)14(2)20-19(21)13-22-17-9-11-18(23-3)12-10-17/h5-12,14H,4,13H2,1-3H3,(H,20,21). The van der Waals surface area contributed by atoms with Crippen molar-refractivity contribution in [3.05, 3.63) is 59.7 Å². The maximum absolute atomic E-state index is 12.0. The highest BCUT2D eigenvalue weighted by Gasteiger charge is 2.10. The number of benzene rings is 2. The zero-order valence-corrected chi connectivity index (χ0v) is 14.7. The van der Waals surface area contributed by atoms with Gasteiger partial charge in [0.2, 0.25) is 0 Å². The van der Waals surface area contributed by atoms with Crippen LogP contribution in [0.2, 0.25) is 0 Å². The number of thioether (sulfide) groups is 1. The Morgan fingerprint density at radius 3 is 2.35 bits per heavy atom. The molecule has 0 bridgehead atoms. The first kappa shape index (κ1) is 17.4. The molecule has 0 fully saturated rings. The normalized spacial score (nSPS) is 11.8. The highest BCUT2D eigenvalue weighted by Crippen LogP contribution is 2.19. The summed E-state index contributed by atoms with van der Waals surface area (Å²) < 4.78 is 5.52. The smallest absolute Gasteiger partial charge is 0.258 e. The Morgan fingerprint density at radius 1 is 1.13 bits per heavy atom. The van der Waals surface area contributed by atoms with Gasteiger partial charge in [-0.25, -0.2) is 0 Å². The molecule has 0 aromatic heterocycles. The van der Waals surface area contributed by atoms with E-state index in [4.69, 9.17) is 4.74 Å². The summed E-state index contributed by atoms with van der Waals surface area (Å²) in [5, 5.41) is 2.96. The molecular weight excluding hydrogens is 306 g/mol. The summed E-state index contributed by atoms with van der Waals surface area (Å²) in [6.45, 7) is 4.13. The van der Waals surface area contributed by atoms with Crippen molar-refractivity contribution in [2.24, 2.45) is 0 Å². The molecule has 0 radical (unpaired) electrons. The number of ether oxygens (including phenoxy) is 1. The monoisotopic (exact) mass is 329 g/mol. The number of nitrogens with one attached hydrogen (secondary N) is 1. The third-order valence-electron chi connectivity index (χ3n) is 3.69. The van der Waals surface area contributed by atoms with Crippen molar-refractivity contribution < 1.29 is 9.53 Å². The lowest BCUT2D eigenvalue weighted by molar-refractivity contribution is -0.123. The summed E-state index contributed by atoms with van der Waals surface area (Å²) in [6.07, 6.45) is 3.04. The molecule has 1 unspecified atom stereocenters. The average Bonchev–Trinajstić information content (AvgIpc) is 2.60. The molecule has 0 saturated heterocycles. The van der Waals surface area contributed by atoms with Gasteiger partial charge in [0, 0.05) is 4.90 Å². The molecule has 1 atom stereocenters. The van der Waals surface area contributed by atoms with Gasteiger partial charge in [-0.3, -0.25) is 4.79 Å². The van der Waals surface area contributed by atoms with Crippen LogP contribution >= 0.6 is 11.8 Å². The third kappa shape index (κ3) is 5.32. The van der Waals surface area contributed by atoms with E-state index in [1.165, 1.54) is 10.5 Å². The van der Waals surface area contributed by atoms with Crippen LogP contribution in [-0.4, -0.2) is 18.8 Å². The van der Waals surface area contributed by atoms with Crippen LogP contribution in [0.1, 0.15) is 31.0 Å². The molecule has 0 spiro atoms. The second kappa shape index (κ2) is 8.63. The van der Waals surface area contributed by atoms with Crippen LogP contribution in [-0.2, 0) is 11.2 Å². The first-order valence-corrected chi connectivity index (χ1v) is 9.00. The Kier molecular flexibility index (Phi) is 6.53. The van der Waals surface area contributed by atoms with Gasteiger partial charge in [0.25, 0.3) is 5.91 Å². The minimum Gasteiger partial charge on any atom is -0.484 e. The number of hydrogen-bond donors (Lipinski definition) is 1. The highest BCUT2D eigenvalue weighted by molar-refractivity contribution is 7.98. The molecule has 122 valence electrons. The Balaban J connectivity index is 1.83. The quantitative estimate of drug-likeness (QED) is 0.773. The Bertz CT molecular complexity index is 623. The van der Waals surface area contributed by atoms with Crippen LogP contribution in [0.3, 0.4) is 0 Å². The van der Waals surface area contributed by atoms with E-state index >= 15 is 0 Å². The molecule has 2 aromatic carbocycles. The Morgan fingerprint density at radius 2 is 1.78 bits per heavy atom. The molecule has 1 N–H and O–H groups in total. The first-order valence-electron chi connectivity index (χ1n) is 7.77. The second-order valence-corrected chi connectivity index (χ2v) is 6.23. The van der Waals surface area contributed by atoms with Gasteiger partial charge in [0.05, 0.1) is 6.04 Å². The Labute approximate surface area is 142 Å². The molecule has 0 heterocycles. The van der Waals surface area contributed by atoms with E-state index in [0.29, 0.717) is 5.75 Å². The minimum atomic E-state index is -0.119. The molecule has 0 aliphatic carbocycles. The number of carbonyl (C=O) groups excluding carboxylic acids is 1. The molecule has 0 saturated carbocycles. The fraction of sp³-hybridized carbons (Fsp3) is 0.316. The number of hydrogen-bond acceptors (Lipinski definition) is 3. The van der Waals surface area contributed by atoms with Crippen molar-refractivity contribution in [2.45, 2.75) is 31.2 Å². The maximum Gasteiger partial charge on any atom is 0.258 e. The number of rotatable bonds is 7. The van der Waals surface area contributed by atoms with Crippen LogP contribution < -0.4 is 10.1 Å². The summed E-state index contributed by atoms with van der Waals surface area (Å²) in [7, 11) is 0. The van der Waals surface area contributed by atoms with Crippen LogP contribution in [0.4, 0.5) is 0 Å². The van der Waals surface area contributed by atoms with Crippen LogP contribution in [0.25, 0.3) is 0 Å². The summed E-state index contributed by atoms with van der Waals surface area (Å²) in [4.78, 5) is 13.2. The molecule has 0 aliphatic heterocycles. The highest BCUT2D eigenvalue weighted by atomic mass is 32.2. The third-order valence-corrected chi connectivity index (χ3v) is 4.44. The Hall–Kier alpha value is -1.94. The summed E-state index contributed by atoms with van der Waals surface area (Å²) >= 11 is 1.68. The largest absolute Gasteiger partial charge is 0.484 e. The van der Waals surface area contributed by atoms with Crippen molar-refractivity contribution in [2.75, 3.05) is 12.9 Å². The van der Waals surface area contributed by atoms with Crippen LogP contribution in [0.15, 0.2) is 53.4 Å². The van der Waals surface area contributed by atoms with Gasteiger partial charge in [-0.05, 0) is 55.0 Å². The number of aryl methyl sites for hydroxylation is 1. The van der Waals surface area contributed by atoms with E-state index in [1.54, 1.807) is 11.8 Å². The van der Waals surface area contributed by atoms with Gasteiger partial charge in [-0.2, -0.15) is 0 Å². The predicted molar refractivity (Wildman–Crippen MR) is 96.1 cm³/mol. The lowest BCUT2D eigenvalue weighted by Crippen LogP contribution is -2.31. The van der Waals surface area contributed by atoms with Crippen molar-refractivity contribution >= 4 is 17.7 Å². The number of amides is 1. The maximum atomic E-state index is 12.0. The van der Waals surface area contributed by atoms with Crippen LogP contribution in [0, 0.1) is 0 Å². The van der Waals surface area contributed by atoms with Crippen molar-refractivity contribution in [3.8, 4) is 5.75 Å². The van der Waals surface area contributed by atoms with E-state index in [0.717, 1.165) is 12.0 Å². The lowest BCUT2D eigenvalue weighted by Gasteiger charge is -2.15. The van der Waals surface area contributed by atoms with Gasteiger partial charge in [-0.15, -0.1) is 11.8 Å². The molecule has 1 amide bonds. The van der Waals surface area contributed by atoms with Crippen LogP contribution in [0.5, 0.6) is 5.75 Å². The van der Waals surface area contributed by atoms with E-state index in [9.17, 15) is 4.79 Å². The first-order chi connectivity index (χ1) is 11.1. The second-order valence-electron chi connectivity index (χ2n) is 5.35. The van der Waals surface area contributed by atoms with E-state index in [1.807, 2.05) is 37.4 Å². The molecule has 23 heavy (non-hydrogen) atoms. The molecule has 0 aliphatic rings. The average molecular weight is 329 g/mol. The zero-order chi connectivity index (χ0) is 16.7. The molecule has 2 aromatic rings. The fourth-order valence-corrected chi connectivity index (χ4v) is 2.64. The van der Waals surface area contributed by atoms with E-state index < -0.39 is 0 Å². The van der Waals surface area contributed by atoms with Crippen molar-refractivity contribution in [3.63, 3.8) is 0 Å². The summed E-state index contributed by atoms with van der Waals surface area (Å²) in [6, 6.07) is 16.0. The SMILES string of the molecule is CCc1ccc(C(C)NC(=O)COc2ccc(SC)cc2)cc1. The topological polar surface area (TPSA) is 38.3 Å². The molecule has 2 rings (SSSR count). The zero-order valence-electron chi connectivity index (χ0n) is 13.8.